The van der Waals surface area contributed by atoms with Crippen LogP contribution >= 0.6 is 11.6 Å². The third kappa shape index (κ3) is 3.01. The van der Waals surface area contributed by atoms with E-state index >= 15 is 0 Å². The third-order valence-corrected chi connectivity index (χ3v) is 4.32. The highest BCUT2D eigenvalue weighted by molar-refractivity contribution is 6.31. The summed E-state index contributed by atoms with van der Waals surface area (Å²) in [7, 11) is 0. The van der Waals surface area contributed by atoms with Crippen molar-refractivity contribution in [3.63, 3.8) is 0 Å². The van der Waals surface area contributed by atoms with Crippen molar-refractivity contribution in [3.05, 3.63) is 51.4 Å². The Labute approximate surface area is 126 Å². The van der Waals surface area contributed by atoms with Crippen molar-refractivity contribution in [1.29, 1.82) is 0 Å². The van der Waals surface area contributed by atoms with Gasteiger partial charge in [0.05, 0.1) is 0 Å². The number of halogens is 2. The molecule has 2 aromatic rings. The summed E-state index contributed by atoms with van der Waals surface area (Å²) in [6.07, 6.45) is 3.22. The molecule has 0 atom stereocenters. The van der Waals surface area contributed by atoms with Crippen molar-refractivity contribution in [3.8, 4) is 0 Å². The second-order valence-electron chi connectivity index (χ2n) is 5.28. The Hall–Kier alpha value is -1.66. The Kier molecular flexibility index (Phi) is 4.07. The van der Waals surface area contributed by atoms with E-state index in [0.29, 0.717) is 17.1 Å². The van der Waals surface area contributed by atoms with Gasteiger partial charge in [-0.05, 0) is 25.0 Å². The Balaban J connectivity index is 1.64. The minimum Gasteiger partial charge on any atom is -0.299 e. The normalized spacial score (nSPS) is 17.2. The van der Waals surface area contributed by atoms with Crippen LogP contribution in [0.2, 0.25) is 5.02 Å². The largest absolute Gasteiger partial charge is 0.343 e. The van der Waals surface area contributed by atoms with Gasteiger partial charge in [-0.1, -0.05) is 17.7 Å². The van der Waals surface area contributed by atoms with E-state index < -0.39 is 0 Å². The number of hydrogen-bond acceptors (Lipinski definition) is 3. The van der Waals surface area contributed by atoms with Crippen LogP contribution < -0.4 is 5.69 Å². The van der Waals surface area contributed by atoms with E-state index in [2.05, 4.69) is 15.1 Å². The van der Waals surface area contributed by atoms with Crippen molar-refractivity contribution in [2.24, 2.45) is 0 Å². The molecule has 0 spiro atoms. The molecule has 1 aromatic heterocycles. The molecule has 1 N–H and O–H groups in total. The van der Waals surface area contributed by atoms with Crippen LogP contribution in [0.25, 0.3) is 0 Å². The first kappa shape index (κ1) is 14.3. The average molecular weight is 311 g/mol. The smallest absolute Gasteiger partial charge is 0.299 e. The molecule has 0 amide bonds. The van der Waals surface area contributed by atoms with Gasteiger partial charge in [-0.2, -0.15) is 5.10 Å². The molecule has 1 saturated heterocycles. The van der Waals surface area contributed by atoms with Gasteiger partial charge in [-0.25, -0.2) is 14.3 Å². The topological polar surface area (TPSA) is 53.9 Å². The molecule has 1 aliphatic heterocycles. The molecule has 1 fully saturated rings. The lowest BCUT2D eigenvalue weighted by atomic mass is 10.0. The molecule has 0 radical (unpaired) electrons. The van der Waals surface area contributed by atoms with Crippen LogP contribution in [0.3, 0.4) is 0 Å². The van der Waals surface area contributed by atoms with E-state index in [0.717, 1.165) is 25.9 Å². The fourth-order valence-corrected chi connectivity index (χ4v) is 3.00. The molecule has 0 bridgehead atoms. The van der Waals surface area contributed by atoms with Crippen molar-refractivity contribution in [1.82, 2.24) is 19.7 Å². The summed E-state index contributed by atoms with van der Waals surface area (Å²) in [5, 5.41) is 6.62. The van der Waals surface area contributed by atoms with Gasteiger partial charge in [-0.3, -0.25) is 9.47 Å². The molecule has 21 heavy (non-hydrogen) atoms. The van der Waals surface area contributed by atoms with Crippen LogP contribution in [0.15, 0.2) is 29.3 Å². The second-order valence-corrected chi connectivity index (χ2v) is 5.68. The summed E-state index contributed by atoms with van der Waals surface area (Å²) in [5.74, 6) is -0.268. The Morgan fingerprint density at radius 1 is 1.38 bits per heavy atom. The zero-order chi connectivity index (χ0) is 14.8. The third-order valence-electron chi connectivity index (χ3n) is 3.97. The second kappa shape index (κ2) is 5.99. The van der Waals surface area contributed by atoms with Crippen LogP contribution in [0.4, 0.5) is 4.39 Å². The summed E-state index contributed by atoms with van der Waals surface area (Å²) in [4.78, 5) is 13.7. The monoisotopic (exact) mass is 310 g/mol. The lowest BCUT2D eigenvalue weighted by Crippen LogP contribution is -2.36. The van der Waals surface area contributed by atoms with E-state index in [1.807, 2.05) is 0 Å². The zero-order valence-corrected chi connectivity index (χ0v) is 12.2. The first-order chi connectivity index (χ1) is 10.1. The number of H-pyrrole nitrogens is 1. The number of nitrogens with zero attached hydrogens (tertiary/aromatic N) is 3. The molecular formula is C14H16ClFN4O. The van der Waals surface area contributed by atoms with Crippen molar-refractivity contribution < 1.29 is 4.39 Å². The zero-order valence-electron chi connectivity index (χ0n) is 11.4. The molecule has 0 unspecified atom stereocenters. The molecule has 112 valence electrons. The predicted octanol–water partition coefficient (Wildman–Crippen LogP) is 2.20. The summed E-state index contributed by atoms with van der Waals surface area (Å²) in [6, 6.07) is 4.90. The maximum absolute atomic E-state index is 13.8. The minimum atomic E-state index is -0.268. The minimum absolute atomic E-state index is 0.156. The summed E-state index contributed by atoms with van der Waals surface area (Å²) in [6.45, 7) is 2.10. The number of likely N-dealkylation sites (tertiary alicyclic amines) is 1. The van der Waals surface area contributed by atoms with Crippen LogP contribution in [-0.4, -0.2) is 32.8 Å². The standard InChI is InChI=1S/C14H16ClFN4O/c15-12-2-1-3-13(16)11(12)8-19-6-4-10(5-7-19)20-9-17-18-14(20)21/h1-3,9-10H,4-8H2,(H,18,21). The first-order valence-electron chi connectivity index (χ1n) is 6.92. The molecule has 2 heterocycles. The van der Waals surface area contributed by atoms with E-state index in [9.17, 15) is 9.18 Å². The highest BCUT2D eigenvalue weighted by Gasteiger charge is 2.23. The Bertz CT molecular complexity index is 655. The predicted molar refractivity (Wildman–Crippen MR) is 77.8 cm³/mol. The highest BCUT2D eigenvalue weighted by Crippen LogP contribution is 2.25. The number of benzene rings is 1. The van der Waals surface area contributed by atoms with E-state index in [4.69, 9.17) is 11.6 Å². The fraction of sp³-hybridized carbons (Fsp3) is 0.429. The summed E-state index contributed by atoms with van der Waals surface area (Å²) >= 11 is 6.05. The Morgan fingerprint density at radius 2 is 2.14 bits per heavy atom. The highest BCUT2D eigenvalue weighted by atomic mass is 35.5. The Morgan fingerprint density at radius 3 is 2.76 bits per heavy atom. The quantitative estimate of drug-likeness (QED) is 0.945. The van der Waals surface area contributed by atoms with Gasteiger partial charge >= 0.3 is 5.69 Å². The molecule has 7 heteroatoms. The van der Waals surface area contributed by atoms with Gasteiger partial charge in [0.25, 0.3) is 0 Å². The van der Waals surface area contributed by atoms with Crippen molar-refractivity contribution >= 4 is 11.6 Å². The molecule has 1 aliphatic rings. The van der Waals surface area contributed by atoms with Crippen LogP contribution in [0, 0.1) is 5.82 Å². The maximum atomic E-state index is 13.8. The molecule has 3 rings (SSSR count). The van der Waals surface area contributed by atoms with Gasteiger partial charge in [0.2, 0.25) is 0 Å². The molecule has 0 aliphatic carbocycles. The van der Waals surface area contributed by atoms with Crippen LogP contribution in [0.1, 0.15) is 24.4 Å². The van der Waals surface area contributed by atoms with Crippen LogP contribution in [-0.2, 0) is 6.54 Å². The average Bonchev–Trinajstić information content (AvgIpc) is 2.90. The first-order valence-corrected chi connectivity index (χ1v) is 7.29. The van der Waals surface area contributed by atoms with Gasteiger partial charge in [-0.15, -0.1) is 0 Å². The molecule has 5 nitrogen and oxygen atoms in total. The lowest BCUT2D eigenvalue weighted by Gasteiger charge is -2.32. The number of hydrogen-bond donors (Lipinski definition) is 1. The number of aromatic nitrogens is 3. The lowest BCUT2D eigenvalue weighted by molar-refractivity contribution is 0.176. The summed E-state index contributed by atoms with van der Waals surface area (Å²) < 4.78 is 15.4. The van der Waals surface area contributed by atoms with Gasteiger partial charge < -0.3 is 0 Å². The molecular weight excluding hydrogens is 295 g/mol. The van der Waals surface area contributed by atoms with Gasteiger partial charge in [0.1, 0.15) is 12.1 Å². The van der Waals surface area contributed by atoms with E-state index in [1.54, 1.807) is 16.7 Å². The number of nitrogens with one attached hydrogen (secondary N) is 1. The fourth-order valence-electron chi connectivity index (χ4n) is 2.78. The number of rotatable bonds is 3. The van der Waals surface area contributed by atoms with Crippen molar-refractivity contribution in [2.75, 3.05) is 13.1 Å². The van der Waals surface area contributed by atoms with E-state index in [1.165, 1.54) is 12.4 Å². The van der Waals surface area contributed by atoms with Gasteiger partial charge in [0, 0.05) is 36.3 Å². The van der Waals surface area contributed by atoms with Crippen molar-refractivity contribution in [2.45, 2.75) is 25.4 Å². The maximum Gasteiger partial charge on any atom is 0.343 e. The SMILES string of the molecule is O=c1[nH]ncn1C1CCN(Cc2c(F)cccc2Cl)CC1. The van der Waals surface area contributed by atoms with Crippen LogP contribution in [0.5, 0.6) is 0 Å². The number of aromatic amines is 1. The van der Waals surface area contributed by atoms with E-state index in [-0.39, 0.29) is 17.5 Å². The summed E-state index contributed by atoms with van der Waals surface area (Å²) in [5.41, 5.74) is 0.365. The molecule has 0 saturated carbocycles. The molecule has 1 aromatic carbocycles. The number of piperidine rings is 1. The van der Waals surface area contributed by atoms with Gasteiger partial charge in [0.15, 0.2) is 0 Å².